The fraction of sp³-hybridized carbons (Fsp3) is 0.391. The summed E-state index contributed by atoms with van der Waals surface area (Å²) in [6.45, 7) is 6.65. The SMILES string of the molecule is CCN(CC)C(CNC(=O)CNC(=O)c1ccc2c(c1)OCO2)Cc1ccccc1. The van der Waals surface area contributed by atoms with Gasteiger partial charge in [-0.05, 0) is 43.3 Å². The van der Waals surface area contributed by atoms with E-state index in [2.05, 4.69) is 41.5 Å². The Morgan fingerprint density at radius 2 is 1.73 bits per heavy atom. The van der Waals surface area contributed by atoms with E-state index in [1.54, 1.807) is 18.2 Å². The molecule has 1 heterocycles. The maximum Gasteiger partial charge on any atom is 0.251 e. The van der Waals surface area contributed by atoms with E-state index in [0.29, 0.717) is 23.6 Å². The Bertz CT molecular complexity index is 853. The fourth-order valence-electron chi connectivity index (χ4n) is 3.55. The van der Waals surface area contributed by atoms with E-state index in [0.717, 1.165) is 19.5 Å². The Kier molecular flexibility index (Phi) is 7.68. The van der Waals surface area contributed by atoms with Crippen LogP contribution in [0.25, 0.3) is 0 Å². The molecule has 0 aliphatic carbocycles. The number of hydrogen-bond donors (Lipinski definition) is 2. The lowest BCUT2D eigenvalue weighted by atomic mass is 10.0. The maximum atomic E-state index is 12.3. The van der Waals surface area contributed by atoms with Gasteiger partial charge in [-0.1, -0.05) is 44.2 Å². The zero-order chi connectivity index (χ0) is 21.3. The van der Waals surface area contributed by atoms with Gasteiger partial charge in [0.2, 0.25) is 12.7 Å². The van der Waals surface area contributed by atoms with E-state index >= 15 is 0 Å². The summed E-state index contributed by atoms with van der Waals surface area (Å²) >= 11 is 0. The summed E-state index contributed by atoms with van der Waals surface area (Å²) in [4.78, 5) is 27.0. The minimum Gasteiger partial charge on any atom is -0.454 e. The number of rotatable bonds is 10. The molecule has 1 aliphatic heterocycles. The van der Waals surface area contributed by atoms with Crippen molar-refractivity contribution in [3.8, 4) is 11.5 Å². The van der Waals surface area contributed by atoms with Crippen molar-refractivity contribution < 1.29 is 19.1 Å². The number of hydrogen-bond acceptors (Lipinski definition) is 5. The predicted octanol–water partition coefficient (Wildman–Crippen LogP) is 2.21. The van der Waals surface area contributed by atoms with Crippen LogP contribution in [0.2, 0.25) is 0 Å². The first-order chi connectivity index (χ1) is 14.6. The molecular formula is C23H29N3O4. The fourth-order valence-corrected chi connectivity index (χ4v) is 3.55. The maximum absolute atomic E-state index is 12.3. The van der Waals surface area contributed by atoms with Gasteiger partial charge >= 0.3 is 0 Å². The molecule has 0 aromatic heterocycles. The zero-order valence-corrected chi connectivity index (χ0v) is 17.5. The lowest BCUT2D eigenvalue weighted by molar-refractivity contribution is -0.120. The summed E-state index contributed by atoms with van der Waals surface area (Å²) in [5, 5.41) is 5.62. The number of carbonyl (C=O) groups excluding carboxylic acids is 2. The summed E-state index contributed by atoms with van der Waals surface area (Å²) in [7, 11) is 0. The van der Waals surface area contributed by atoms with Crippen LogP contribution in [-0.4, -0.2) is 55.7 Å². The van der Waals surface area contributed by atoms with E-state index in [-0.39, 0.29) is 31.2 Å². The third kappa shape index (κ3) is 5.73. The topological polar surface area (TPSA) is 79.9 Å². The molecule has 0 saturated carbocycles. The Labute approximate surface area is 177 Å². The van der Waals surface area contributed by atoms with Gasteiger partial charge in [0.25, 0.3) is 5.91 Å². The van der Waals surface area contributed by atoms with Crippen molar-refractivity contribution in [3.05, 3.63) is 59.7 Å². The molecule has 1 unspecified atom stereocenters. The summed E-state index contributed by atoms with van der Waals surface area (Å²) in [5.74, 6) is 0.613. The summed E-state index contributed by atoms with van der Waals surface area (Å²) < 4.78 is 10.5. The summed E-state index contributed by atoms with van der Waals surface area (Å²) in [6, 6.07) is 15.4. The number of ether oxygens (including phenoxy) is 2. The molecule has 2 N–H and O–H groups in total. The lowest BCUT2D eigenvalue weighted by Crippen LogP contribution is -2.47. The van der Waals surface area contributed by atoms with E-state index in [9.17, 15) is 9.59 Å². The van der Waals surface area contributed by atoms with Crippen LogP contribution in [0.1, 0.15) is 29.8 Å². The van der Waals surface area contributed by atoms with Crippen LogP contribution in [0.15, 0.2) is 48.5 Å². The molecule has 30 heavy (non-hydrogen) atoms. The average molecular weight is 412 g/mol. The smallest absolute Gasteiger partial charge is 0.251 e. The molecule has 0 spiro atoms. The molecule has 3 rings (SSSR count). The van der Waals surface area contributed by atoms with Gasteiger partial charge in [0, 0.05) is 18.2 Å². The first-order valence-corrected chi connectivity index (χ1v) is 10.3. The van der Waals surface area contributed by atoms with Gasteiger partial charge in [0.05, 0.1) is 6.54 Å². The molecule has 0 bridgehead atoms. The van der Waals surface area contributed by atoms with Crippen LogP contribution in [0.4, 0.5) is 0 Å². The zero-order valence-electron chi connectivity index (χ0n) is 17.5. The Balaban J connectivity index is 1.50. The van der Waals surface area contributed by atoms with Crippen molar-refractivity contribution in [1.82, 2.24) is 15.5 Å². The van der Waals surface area contributed by atoms with Gasteiger partial charge in [-0.3, -0.25) is 14.5 Å². The minimum atomic E-state index is -0.326. The molecule has 1 atom stereocenters. The van der Waals surface area contributed by atoms with Crippen molar-refractivity contribution >= 4 is 11.8 Å². The second kappa shape index (κ2) is 10.6. The second-order valence-corrected chi connectivity index (χ2v) is 7.12. The Hall–Kier alpha value is -3.06. The highest BCUT2D eigenvalue weighted by atomic mass is 16.7. The third-order valence-electron chi connectivity index (χ3n) is 5.22. The molecule has 0 saturated heterocycles. The van der Waals surface area contributed by atoms with E-state index in [1.807, 2.05) is 18.2 Å². The van der Waals surface area contributed by atoms with Crippen LogP contribution in [0, 0.1) is 0 Å². The van der Waals surface area contributed by atoms with Gasteiger partial charge in [-0.2, -0.15) is 0 Å². The number of likely N-dealkylation sites (N-methyl/N-ethyl adjacent to an activating group) is 1. The van der Waals surface area contributed by atoms with Crippen molar-refractivity contribution in [1.29, 1.82) is 0 Å². The molecule has 0 fully saturated rings. The lowest BCUT2D eigenvalue weighted by Gasteiger charge is -2.30. The van der Waals surface area contributed by atoms with Crippen molar-refractivity contribution in [2.45, 2.75) is 26.3 Å². The summed E-state index contributed by atoms with van der Waals surface area (Å²) in [6.07, 6.45) is 0.854. The number of nitrogens with one attached hydrogen (secondary N) is 2. The van der Waals surface area contributed by atoms with Gasteiger partial charge in [0.15, 0.2) is 11.5 Å². The van der Waals surface area contributed by atoms with E-state index < -0.39 is 0 Å². The molecule has 7 heteroatoms. The second-order valence-electron chi connectivity index (χ2n) is 7.12. The van der Waals surface area contributed by atoms with E-state index in [4.69, 9.17) is 9.47 Å². The average Bonchev–Trinajstić information content (AvgIpc) is 3.25. The minimum absolute atomic E-state index is 0.0798. The van der Waals surface area contributed by atoms with Crippen molar-refractivity contribution in [2.75, 3.05) is 33.0 Å². The monoisotopic (exact) mass is 411 g/mol. The highest BCUT2D eigenvalue weighted by Crippen LogP contribution is 2.32. The largest absolute Gasteiger partial charge is 0.454 e. The standard InChI is InChI=1S/C23H29N3O4/c1-3-26(4-2)19(12-17-8-6-5-7-9-17)14-24-22(27)15-25-23(28)18-10-11-20-21(13-18)30-16-29-20/h5-11,13,19H,3-4,12,14-16H2,1-2H3,(H,24,27)(H,25,28). The first-order valence-electron chi connectivity index (χ1n) is 10.3. The molecule has 2 aromatic carbocycles. The predicted molar refractivity (Wildman–Crippen MR) is 115 cm³/mol. The van der Waals surface area contributed by atoms with Crippen LogP contribution in [-0.2, 0) is 11.2 Å². The Morgan fingerprint density at radius 3 is 2.47 bits per heavy atom. The van der Waals surface area contributed by atoms with Gasteiger partial charge in [-0.25, -0.2) is 0 Å². The number of carbonyl (C=O) groups is 2. The van der Waals surface area contributed by atoms with Crippen LogP contribution in [0.3, 0.4) is 0 Å². The third-order valence-corrected chi connectivity index (χ3v) is 5.22. The van der Waals surface area contributed by atoms with Crippen LogP contribution >= 0.6 is 0 Å². The van der Waals surface area contributed by atoms with Crippen LogP contribution in [0.5, 0.6) is 11.5 Å². The number of fused-ring (bicyclic) bond motifs is 1. The molecule has 7 nitrogen and oxygen atoms in total. The normalized spacial score (nSPS) is 13.2. The molecular weight excluding hydrogens is 382 g/mol. The number of amides is 2. The van der Waals surface area contributed by atoms with Gasteiger partial charge in [0.1, 0.15) is 0 Å². The van der Waals surface area contributed by atoms with Crippen molar-refractivity contribution in [2.24, 2.45) is 0 Å². The van der Waals surface area contributed by atoms with E-state index in [1.165, 1.54) is 5.56 Å². The molecule has 0 radical (unpaired) electrons. The number of nitrogens with zero attached hydrogens (tertiary/aromatic N) is 1. The number of benzene rings is 2. The molecule has 2 amide bonds. The van der Waals surface area contributed by atoms with Gasteiger partial charge in [-0.15, -0.1) is 0 Å². The molecule has 1 aliphatic rings. The van der Waals surface area contributed by atoms with Crippen LogP contribution < -0.4 is 20.1 Å². The highest BCUT2D eigenvalue weighted by Gasteiger charge is 2.19. The quantitative estimate of drug-likeness (QED) is 0.627. The molecule has 2 aromatic rings. The molecule has 160 valence electrons. The summed E-state index contributed by atoms with van der Waals surface area (Å²) in [5.41, 5.74) is 1.66. The first kappa shape index (κ1) is 21.6. The van der Waals surface area contributed by atoms with Crippen molar-refractivity contribution in [3.63, 3.8) is 0 Å². The van der Waals surface area contributed by atoms with Gasteiger partial charge < -0.3 is 20.1 Å². The highest BCUT2D eigenvalue weighted by molar-refractivity contribution is 5.97. The Morgan fingerprint density at radius 1 is 1.00 bits per heavy atom.